The Kier molecular flexibility index (Phi) is 2.30. The largest absolute Gasteiger partial charge is 0.480 e. The monoisotopic (exact) mass is 206 g/mol. The number of hydrogen-bond donors (Lipinski definition) is 0. The van der Waals surface area contributed by atoms with Crippen molar-refractivity contribution in [1.82, 2.24) is 15.2 Å². The molecule has 1 aromatic heterocycles. The molecule has 1 aliphatic rings. The molecule has 0 saturated carbocycles. The van der Waals surface area contributed by atoms with Crippen molar-refractivity contribution < 1.29 is 4.74 Å². The first-order valence-corrected chi connectivity index (χ1v) is 4.77. The predicted octanol–water partition coefficient (Wildman–Crippen LogP) is 0.674. The van der Waals surface area contributed by atoms with Crippen LogP contribution in [-0.4, -0.2) is 42.1 Å². The van der Waals surface area contributed by atoms with E-state index in [4.69, 9.17) is 4.74 Å². The van der Waals surface area contributed by atoms with Crippen LogP contribution in [0.4, 0.5) is 0 Å². The highest BCUT2D eigenvalue weighted by molar-refractivity contribution is 5.74. The van der Waals surface area contributed by atoms with Crippen molar-refractivity contribution in [3.05, 3.63) is 17.8 Å². The van der Waals surface area contributed by atoms with Gasteiger partial charge in [-0.3, -0.25) is 5.01 Å². The van der Waals surface area contributed by atoms with Crippen LogP contribution in [0.25, 0.3) is 0 Å². The van der Waals surface area contributed by atoms with Crippen molar-refractivity contribution in [3.8, 4) is 5.88 Å². The van der Waals surface area contributed by atoms with Gasteiger partial charge in [0.25, 0.3) is 0 Å². The molecule has 0 N–H and O–H groups in total. The van der Waals surface area contributed by atoms with Crippen LogP contribution < -0.4 is 4.74 Å². The fraction of sp³-hybridized carbons (Fsp3) is 0.500. The van der Waals surface area contributed by atoms with Gasteiger partial charge < -0.3 is 4.74 Å². The predicted molar refractivity (Wildman–Crippen MR) is 57.1 cm³/mol. The topological polar surface area (TPSA) is 50.6 Å². The second-order valence-corrected chi connectivity index (χ2v) is 3.96. The Morgan fingerprint density at radius 1 is 1.53 bits per heavy atom. The van der Waals surface area contributed by atoms with Gasteiger partial charge in [-0.25, -0.2) is 0 Å². The number of ether oxygens (including phenoxy) is 1. The average molecular weight is 206 g/mol. The Hall–Kier alpha value is -1.65. The summed E-state index contributed by atoms with van der Waals surface area (Å²) >= 11 is 0. The molecule has 1 aliphatic heterocycles. The van der Waals surface area contributed by atoms with Crippen LogP contribution in [0, 0.1) is 0 Å². The number of rotatable bonds is 2. The van der Waals surface area contributed by atoms with E-state index in [1.165, 1.54) is 0 Å². The lowest BCUT2D eigenvalue weighted by atomic mass is 9.85. The molecule has 0 radical (unpaired) electrons. The van der Waals surface area contributed by atoms with Crippen molar-refractivity contribution in [2.45, 2.75) is 12.3 Å². The summed E-state index contributed by atoms with van der Waals surface area (Å²) in [7, 11) is 3.54. The number of hydrogen-bond acceptors (Lipinski definition) is 5. The lowest BCUT2D eigenvalue weighted by Gasteiger charge is -2.21. The summed E-state index contributed by atoms with van der Waals surface area (Å²) in [6, 6.07) is 1.90. The van der Waals surface area contributed by atoms with E-state index in [0.717, 1.165) is 12.1 Å². The van der Waals surface area contributed by atoms with E-state index in [9.17, 15) is 0 Å². The number of aromatic nitrogens is 2. The third-order valence-electron chi connectivity index (χ3n) is 2.60. The van der Waals surface area contributed by atoms with Gasteiger partial charge in [0.05, 0.1) is 25.3 Å². The Morgan fingerprint density at radius 3 is 2.93 bits per heavy atom. The van der Waals surface area contributed by atoms with Crippen molar-refractivity contribution in [2.24, 2.45) is 5.10 Å². The summed E-state index contributed by atoms with van der Waals surface area (Å²) in [6.45, 7) is 2.97. The molecule has 1 unspecified atom stereocenters. The van der Waals surface area contributed by atoms with Gasteiger partial charge in [-0.2, -0.15) is 10.2 Å². The van der Waals surface area contributed by atoms with E-state index in [1.807, 2.05) is 24.3 Å². The molecule has 0 aliphatic carbocycles. The lowest BCUT2D eigenvalue weighted by Crippen LogP contribution is -2.29. The van der Waals surface area contributed by atoms with E-state index in [-0.39, 0.29) is 5.41 Å². The summed E-state index contributed by atoms with van der Waals surface area (Å²) in [4.78, 5) is 0. The number of likely N-dealkylation sites (N-methyl/N-ethyl adjacent to an activating group) is 1. The standard InChI is InChI=1S/C10H14N4O/c1-10(6-12-14(2)7-10)8-4-9(15-3)13-11-5-8/h4-6H,7H2,1-3H3. The van der Waals surface area contributed by atoms with Crippen LogP contribution in [0.3, 0.4) is 0 Å². The van der Waals surface area contributed by atoms with Gasteiger partial charge in [0.1, 0.15) is 0 Å². The number of hydrazone groups is 1. The number of methoxy groups -OCH3 is 1. The Labute approximate surface area is 88.8 Å². The maximum Gasteiger partial charge on any atom is 0.233 e. The zero-order chi connectivity index (χ0) is 10.9. The molecule has 0 bridgehead atoms. The van der Waals surface area contributed by atoms with Crippen LogP contribution in [0.2, 0.25) is 0 Å². The van der Waals surface area contributed by atoms with Crippen molar-refractivity contribution in [3.63, 3.8) is 0 Å². The molecule has 0 fully saturated rings. The van der Waals surface area contributed by atoms with E-state index in [2.05, 4.69) is 22.2 Å². The Balaban J connectivity index is 2.33. The summed E-state index contributed by atoms with van der Waals surface area (Å²) in [5.74, 6) is 0.539. The maximum atomic E-state index is 5.05. The lowest BCUT2D eigenvalue weighted by molar-refractivity contribution is 0.346. The van der Waals surface area contributed by atoms with Crippen molar-refractivity contribution in [2.75, 3.05) is 20.7 Å². The van der Waals surface area contributed by atoms with E-state index < -0.39 is 0 Å². The molecule has 2 heterocycles. The molecule has 0 spiro atoms. The van der Waals surface area contributed by atoms with E-state index in [0.29, 0.717) is 5.88 Å². The number of nitrogens with zero attached hydrogens (tertiary/aromatic N) is 4. The zero-order valence-electron chi connectivity index (χ0n) is 9.14. The minimum atomic E-state index is -0.0992. The first kappa shape index (κ1) is 9.89. The van der Waals surface area contributed by atoms with Gasteiger partial charge in [0.2, 0.25) is 5.88 Å². The third-order valence-corrected chi connectivity index (χ3v) is 2.60. The van der Waals surface area contributed by atoms with Gasteiger partial charge in [-0.1, -0.05) is 0 Å². The van der Waals surface area contributed by atoms with Gasteiger partial charge >= 0.3 is 0 Å². The van der Waals surface area contributed by atoms with Gasteiger partial charge in [0.15, 0.2) is 0 Å². The van der Waals surface area contributed by atoms with Crippen LogP contribution in [0.15, 0.2) is 17.4 Å². The maximum absolute atomic E-state index is 5.05. The van der Waals surface area contributed by atoms with Crippen LogP contribution in [0.5, 0.6) is 5.88 Å². The van der Waals surface area contributed by atoms with Crippen molar-refractivity contribution >= 4 is 6.21 Å². The van der Waals surface area contributed by atoms with Crippen molar-refractivity contribution in [1.29, 1.82) is 0 Å². The molecule has 5 heteroatoms. The van der Waals surface area contributed by atoms with E-state index in [1.54, 1.807) is 13.3 Å². The minimum Gasteiger partial charge on any atom is -0.480 e. The Morgan fingerprint density at radius 2 is 2.33 bits per heavy atom. The van der Waals surface area contributed by atoms with Crippen LogP contribution in [-0.2, 0) is 5.41 Å². The molecular formula is C10H14N4O. The molecule has 80 valence electrons. The molecule has 0 aromatic carbocycles. The fourth-order valence-electron chi connectivity index (χ4n) is 1.71. The summed E-state index contributed by atoms with van der Waals surface area (Å²) in [5.41, 5.74) is 0.972. The third kappa shape index (κ3) is 1.77. The smallest absolute Gasteiger partial charge is 0.233 e. The molecule has 2 rings (SSSR count). The SMILES string of the molecule is COc1cc(C2(C)C=NN(C)C2)cnn1. The van der Waals surface area contributed by atoms with Crippen LogP contribution >= 0.6 is 0 Å². The molecule has 1 aromatic rings. The average Bonchev–Trinajstić information content (AvgIpc) is 2.60. The molecule has 5 nitrogen and oxygen atoms in total. The quantitative estimate of drug-likeness (QED) is 0.713. The van der Waals surface area contributed by atoms with Crippen LogP contribution in [0.1, 0.15) is 12.5 Å². The molecule has 0 saturated heterocycles. The normalized spacial score (nSPS) is 24.6. The first-order valence-electron chi connectivity index (χ1n) is 4.77. The summed E-state index contributed by atoms with van der Waals surface area (Å²) in [6.07, 6.45) is 3.69. The fourth-order valence-corrected chi connectivity index (χ4v) is 1.71. The first-order chi connectivity index (χ1) is 7.14. The van der Waals surface area contributed by atoms with E-state index >= 15 is 0 Å². The summed E-state index contributed by atoms with van der Waals surface area (Å²) < 4.78 is 5.05. The summed E-state index contributed by atoms with van der Waals surface area (Å²) in [5, 5.41) is 13.9. The molecule has 0 amide bonds. The highest BCUT2D eigenvalue weighted by Crippen LogP contribution is 2.27. The second-order valence-electron chi connectivity index (χ2n) is 3.96. The Bertz CT molecular complexity index is 393. The minimum absolute atomic E-state index is 0.0992. The molecule has 15 heavy (non-hydrogen) atoms. The van der Waals surface area contributed by atoms with Gasteiger partial charge in [-0.15, -0.1) is 5.10 Å². The zero-order valence-corrected chi connectivity index (χ0v) is 9.14. The molecule has 1 atom stereocenters. The van der Waals surface area contributed by atoms with Gasteiger partial charge in [-0.05, 0) is 12.5 Å². The second kappa shape index (κ2) is 3.49. The highest BCUT2D eigenvalue weighted by Gasteiger charge is 2.31. The highest BCUT2D eigenvalue weighted by atomic mass is 16.5. The molecular weight excluding hydrogens is 192 g/mol. The van der Waals surface area contributed by atoms with Gasteiger partial charge in [0, 0.05) is 19.3 Å².